The van der Waals surface area contributed by atoms with E-state index >= 15 is 0 Å². The molecule has 2 heteroatoms. The molecule has 0 aliphatic heterocycles. The molecule has 13 heavy (non-hydrogen) atoms. The molecule has 0 spiro atoms. The summed E-state index contributed by atoms with van der Waals surface area (Å²) in [6.07, 6.45) is 1.03. The maximum atomic E-state index is 11.0. The summed E-state index contributed by atoms with van der Waals surface area (Å²) < 4.78 is 5.11. The minimum Gasteiger partial charge on any atom is -0.426 e. The molecule has 0 saturated heterocycles. The lowest BCUT2D eigenvalue weighted by atomic mass is 10.1. The van der Waals surface area contributed by atoms with Gasteiger partial charge in [-0.15, -0.1) is 0 Å². The Labute approximate surface area is 78.5 Å². The van der Waals surface area contributed by atoms with E-state index < -0.39 is 0 Å². The van der Waals surface area contributed by atoms with Gasteiger partial charge < -0.3 is 4.74 Å². The lowest BCUT2D eigenvalue weighted by molar-refractivity contribution is -0.134. The Morgan fingerprint density at radius 3 is 2.77 bits per heavy atom. The fourth-order valence-corrected chi connectivity index (χ4v) is 1.00. The first-order valence-corrected chi connectivity index (χ1v) is 4.35. The summed E-state index contributed by atoms with van der Waals surface area (Å²) in [6, 6.07) is 7.45. The first-order valence-electron chi connectivity index (χ1n) is 4.35. The topological polar surface area (TPSA) is 26.3 Å². The van der Waals surface area contributed by atoms with E-state index in [1.54, 1.807) is 13.0 Å². The highest BCUT2D eigenvalue weighted by molar-refractivity contribution is 5.72. The molecule has 0 aliphatic carbocycles. The van der Waals surface area contributed by atoms with E-state index in [0.717, 1.165) is 5.56 Å². The molecule has 1 rings (SSSR count). The maximum absolute atomic E-state index is 11.0. The minimum atomic E-state index is -0.207. The van der Waals surface area contributed by atoms with Crippen molar-refractivity contribution in [3.63, 3.8) is 0 Å². The van der Waals surface area contributed by atoms with E-state index in [1.165, 1.54) is 0 Å². The molecule has 0 aromatic heterocycles. The van der Waals surface area contributed by atoms with Gasteiger partial charge in [-0.05, 0) is 25.0 Å². The summed E-state index contributed by atoms with van der Waals surface area (Å²) in [5.74, 6) is 0.422. The Morgan fingerprint density at radius 2 is 2.15 bits per heavy atom. The van der Waals surface area contributed by atoms with Crippen LogP contribution in [0, 0.1) is 6.92 Å². The summed E-state index contributed by atoms with van der Waals surface area (Å²) in [7, 11) is 0. The number of ether oxygens (including phenoxy) is 1. The van der Waals surface area contributed by atoms with Crippen LogP contribution < -0.4 is 4.74 Å². The van der Waals surface area contributed by atoms with Crippen molar-refractivity contribution in [3.8, 4) is 5.75 Å². The normalized spacial score (nSPS) is 9.69. The molecule has 0 N–H and O–H groups in total. The predicted octanol–water partition coefficient (Wildman–Crippen LogP) is 2.38. The van der Waals surface area contributed by atoms with Crippen molar-refractivity contribution in [1.29, 1.82) is 0 Å². The van der Waals surface area contributed by atoms with Crippen LogP contribution in [-0.4, -0.2) is 5.97 Å². The zero-order chi connectivity index (χ0) is 9.68. The van der Waals surface area contributed by atoms with E-state index in [2.05, 4.69) is 6.92 Å². The largest absolute Gasteiger partial charge is 0.426 e. The molecule has 2 nitrogen and oxygen atoms in total. The van der Waals surface area contributed by atoms with Crippen LogP contribution in [0.2, 0.25) is 0 Å². The minimum absolute atomic E-state index is 0.207. The molecule has 0 atom stereocenters. The summed E-state index contributed by atoms with van der Waals surface area (Å²) >= 11 is 0. The van der Waals surface area contributed by atoms with Gasteiger partial charge in [0.1, 0.15) is 5.75 Å². The molecule has 0 unspecified atom stereocenters. The second-order valence-corrected chi connectivity index (χ2v) is 2.69. The Kier molecular flexibility index (Phi) is 3.50. The maximum Gasteiger partial charge on any atom is 0.310 e. The van der Waals surface area contributed by atoms with Gasteiger partial charge in [-0.25, -0.2) is 0 Å². The van der Waals surface area contributed by atoms with E-state index in [0.29, 0.717) is 18.6 Å². The standard InChI is InChI=1S/C11H13O2/c1-3-9-7-5-6-8-10(9)13-11(12)4-2/h5-8H,1,3-4H2,2H3. The quantitative estimate of drug-likeness (QED) is 0.523. The smallest absolute Gasteiger partial charge is 0.310 e. The van der Waals surface area contributed by atoms with E-state index in [-0.39, 0.29) is 5.97 Å². The lowest BCUT2D eigenvalue weighted by Crippen LogP contribution is -2.06. The molecule has 1 aromatic rings. The summed E-state index contributed by atoms with van der Waals surface area (Å²) in [5, 5.41) is 0. The van der Waals surface area contributed by atoms with Gasteiger partial charge in [0.25, 0.3) is 0 Å². The van der Waals surface area contributed by atoms with Crippen LogP contribution in [0.25, 0.3) is 0 Å². The van der Waals surface area contributed by atoms with Crippen molar-refractivity contribution in [2.75, 3.05) is 0 Å². The van der Waals surface area contributed by atoms with Crippen molar-refractivity contribution in [3.05, 3.63) is 36.8 Å². The van der Waals surface area contributed by atoms with Gasteiger partial charge >= 0.3 is 5.97 Å². The van der Waals surface area contributed by atoms with Crippen LogP contribution in [0.1, 0.15) is 18.9 Å². The first kappa shape index (κ1) is 9.78. The van der Waals surface area contributed by atoms with E-state index in [1.807, 2.05) is 18.2 Å². The van der Waals surface area contributed by atoms with Crippen molar-refractivity contribution in [2.24, 2.45) is 0 Å². The third kappa shape index (κ3) is 2.58. The number of hydrogen-bond acceptors (Lipinski definition) is 2. The third-order valence-electron chi connectivity index (χ3n) is 1.75. The van der Waals surface area contributed by atoms with E-state index in [9.17, 15) is 4.79 Å². The second-order valence-electron chi connectivity index (χ2n) is 2.69. The van der Waals surface area contributed by atoms with Gasteiger partial charge in [-0.3, -0.25) is 4.79 Å². The third-order valence-corrected chi connectivity index (χ3v) is 1.75. The van der Waals surface area contributed by atoms with Crippen molar-refractivity contribution in [1.82, 2.24) is 0 Å². The Bertz CT molecular complexity index is 292. The van der Waals surface area contributed by atoms with Gasteiger partial charge in [-0.2, -0.15) is 0 Å². The SMILES string of the molecule is [CH2]Cc1ccccc1OC(=O)CC. The fourth-order valence-electron chi connectivity index (χ4n) is 1.00. The van der Waals surface area contributed by atoms with Crippen LogP contribution in [0.3, 0.4) is 0 Å². The highest BCUT2D eigenvalue weighted by Crippen LogP contribution is 2.18. The number of hydrogen-bond donors (Lipinski definition) is 0. The number of esters is 1. The van der Waals surface area contributed by atoms with Crippen LogP contribution in [0.5, 0.6) is 5.75 Å². The molecule has 0 heterocycles. The molecule has 0 amide bonds. The van der Waals surface area contributed by atoms with Crippen molar-refractivity contribution in [2.45, 2.75) is 19.8 Å². The van der Waals surface area contributed by atoms with Gasteiger partial charge in [0, 0.05) is 6.42 Å². The first-order chi connectivity index (χ1) is 6.27. The molecule has 0 aliphatic rings. The molecule has 0 fully saturated rings. The number of para-hydroxylation sites is 1. The summed E-state index contributed by atoms with van der Waals surface area (Å²) in [4.78, 5) is 11.0. The summed E-state index contributed by atoms with van der Waals surface area (Å²) in [6.45, 7) is 5.53. The van der Waals surface area contributed by atoms with Gasteiger partial charge in [-0.1, -0.05) is 25.1 Å². The average Bonchev–Trinajstić information content (AvgIpc) is 2.18. The van der Waals surface area contributed by atoms with Crippen LogP contribution in [-0.2, 0) is 11.2 Å². The Balaban J connectivity index is 2.81. The number of carbonyl (C=O) groups excluding carboxylic acids is 1. The Hall–Kier alpha value is -1.31. The molecule has 0 bridgehead atoms. The highest BCUT2D eigenvalue weighted by Gasteiger charge is 2.04. The van der Waals surface area contributed by atoms with Crippen LogP contribution in [0.15, 0.2) is 24.3 Å². The molecule has 69 valence electrons. The monoisotopic (exact) mass is 177 g/mol. The molecule has 1 aromatic carbocycles. The van der Waals surface area contributed by atoms with Gasteiger partial charge in [0.2, 0.25) is 0 Å². The number of carbonyl (C=O) groups is 1. The van der Waals surface area contributed by atoms with Crippen molar-refractivity contribution >= 4 is 5.97 Å². The molecule has 1 radical (unpaired) electrons. The summed E-state index contributed by atoms with van der Waals surface area (Å²) in [5.41, 5.74) is 0.962. The van der Waals surface area contributed by atoms with E-state index in [4.69, 9.17) is 4.74 Å². The molecular weight excluding hydrogens is 164 g/mol. The van der Waals surface area contributed by atoms with Crippen molar-refractivity contribution < 1.29 is 9.53 Å². The average molecular weight is 177 g/mol. The van der Waals surface area contributed by atoms with Crippen LogP contribution >= 0.6 is 0 Å². The van der Waals surface area contributed by atoms with Crippen LogP contribution in [0.4, 0.5) is 0 Å². The predicted molar refractivity (Wildman–Crippen MR) is 51.4 cm³/mol. The molecule has 0 saturated carbocycles. The fraction of sp³-hybridized carbons (Fsp3) is 0.273. The van der Waals surface area contributed by atoms with Gasteiger partial charge in [0.15, 0.2) is 0 Å². The zero-order valence-electron chi connectivity index (χ0n) is 7.75. The molecular formula is C11H13O2. The van der Waals surface area contributed by atoms with Gasteiger partial charge in [0.05, 0.1) is 0 Å². The number of benzene rings is 1. The highest BCUT2D eigenvalue weighted by atomic mass is 16.5. The Morgan fingerprint density at radius 1 is 1.46 bits per heavy atom. The second kappa shape index (κ2) is 4.65. The lowest BCUT2D eigenvalue weighted by Gasteiger charge is -2.06. The number of rotatable bonds is 3. The zero-order valence-corrected chi connectivity index (χ0v) is 7.75.